The van der Waals surface area contributed by atoms with Gasteiger partial charge in [0.15, 0.2) is 0 Å². The van der Waals surface area contributed by atoms with Crippen molar-refractivity contribution < 1.29 is 9.72 Å². The number of thioether (sulfide) groups is 1. The highest BCUT2D eigenvalue weighted by atomic mass is 35.5. The molecule has 1 atom stereocenters. The van der Waals surface area contributed by atoms with Gasteiger partial charge in [0.05, 0.1) is 9.82 Å². The third-order valence-electron chi connectivity index (χ3n) is 4.27. The minimum Gasteiger partial charge on any atom is -0.334 e. The number of benzene rings is 1. The van der Waals surface area contributed by atoms with E-state index in [0.717, 1.165) is 25.0 Å². The normalized spacial score (nSPS) is 16.8. The topological polar surface area (TPSA) is 89.5 Å². The highest BCUT2D eigenvalue weighted by Gasteiger charge is 2.29. The second-order valence-electron chi connectivity index (χ2n) is 6.50. The van der Waals surface area contributed by atoms with Crippen molar-refractivity contribution >= 4 is 35.8 Å². The zero-order valence-electron chi connectivity index (χ0n) is 14.6. The van der Waals surface area contributed by atoms with Crippen molar-refractivity contribution in [1.82, 2.24) is 4.90 Å². The number of carbonyl (C=O) groups excluding carboxylic acids is 1. The van der Waals surface area contributed by atoms with E-state index < -0.39 is 4.92 Å². The Morgan fingerprint density at radius 2 is 2.20 bits per heavy atom. The Morgan fingerprint density at radius 3 is 2.80 bits per heavy atom. The number of hydrogen-bond donors (Lipinski definition) is 1. The summed E-state index contributed by atoms with van der Waals surface area (Å²) in [6.07, 6.45) is 2.82. The Labute approximate surface area is 159 Å². The highest BCUT2D eigenvalue weighted by molar-refractivity contribution is 7.99. The minimum atomic E-state index is -0.404. The number of halogens is 1. The fourth-order valence-corrected chi connectivity index (χ4v) is 4.09. The van der Waals surface area contributed by atoms with Crippen LogP contribution in [0.1, 0.15) is 43.5 Å². The van der Waals surface area contributed by atoms with Gasteiger partial charge in [0.25, 0.3) is 11.6 Å². The number of nitro benzene ring substituents is 1. The quantitative estimate of drug-likeness (QED) is 0.437. The monoisotopic (exact) mass is 387 g/mol. The SMILES string of the molecule is CC(C)CCSc1ccc(C(=O)N2CCCC2CN)cc1[N+](=O)[O-].Cl. The summed E-state index contributed by atoms with van der Waals surface area (Å²) in [6, 6.07) is 4.84. The molecule has 1 aromatic carbocycles. The van der Waals surface area contributed by atoms with Crippen LogP contribution in [0, 0.1) is 16.0 Å². The average Bonchev–Trinajstić information content (AvgIpc) is 3.02. The molecule has 0 saturated carbocycles. The van der Waals surface area contributed by atoms with Crippen molar-refractivity contribution in [2.24, 2.45) is 11.7 Å². The van der Waals surface area contributed by atoms with Crippen molar-refractivity contribution in [2.45, 2.75) is 44.0 Å². The first-order valence-electron chi connectivity index (χ1n) is 8.36. The second-order valence-corrected chi connectivity index (χ2v) is 7.64. The molecule has 0 radical (unpaired) electrons. The lowest BCUT2D eigenvalue weighted by Gasteiger charge is -2.23. The van der Waals surface area contributed by atoms with Gasteiger partial charge in [-0.15, -0.1) is 24.2 Å². The summed E-state index contributed by atoms with van der Waals surface area (Å²) in [5, 5.41) is 11.4. The lowest BCUT2D eigenvalue weighted by Crippen LogP contribution is -2.39. The summed E-state index contributed by atoms with van der Waals surface area (Å²) in [5.74, 6) is 1.22. The van der Waals surface area contributed by atoms with Crippen LogP contribution < -0.4 is 5.73 Å². The smallest absolute Gasteiger partial charge is 0.283 e. The molecule has 1 heterocycles. The number of nitro groups is 1. The Kier molecular flexibility index (Phi) is 8.68. The molecule has 0 aromatic heterocycles. The minimum absolute atomic E-state index is 0. The average molecular weight is 388 g/mol. The summed E-state index contributed by atoms with van der Waals surface area (Å²) < 4.78 is 0. The molecule has 1 amide bonds. The molecule has 1 fully saturated rings. The van der Waals surface area contributed by atoms with Crippen LogP contribution >= 0.6 is 24.2 Å². The summed E-state index contributed by atoms with van der Waals surface area (Å²) in [4.78, 5) is 26.0. The van der Waals surface area contributed by atoms with Crippen molar-refractivity contribution in [3.63, 3.8) is 0 Å². The Hall–Kier alpha value is -1.31. The molecule has 2 rings (SSSR count). The highest BCUT2D eigenvalue weighted by Crippen LogP contribution is 2.32. The summed E-state index contributed by atoms with van der Waals surface area (Å²) >= 11 is 1.47. The number of carbonyl (C=O) groups is 1. The number of likely N-dealkylation sites (tertiary alicyclic amines) is 1. The first kappa shape index (κ1) is 21.7. The maximum Gasteiger partial charge on any atom is 0.283 e. The van der Waals surface area contributed by atoms with Gasteiger partial charge >= 0.3 is 0 Å². The molecule has 1 aliphatic rings. The molecule has 1 aromatic rings. The van der Waals surface area contributed by atoms with Gasteiger partial charge in [0.2, 0.25) is 0 Å². The molecule has 0 aliphatic carbocycles. The van der Waals surface area contributed by atoms with E-state index in [4.69, 9.17) is 5.73 Å². The van der Waals surface area contributed by atoms with E-state index in [1.165, 1.54) is 17.8 Å². The van der Waals surface area contributed by atoms with Gasteiger partial charge in [-0.2, -0.15) is 0 Å². The Bertz CT molecular complexity index is 613. The number of nitrogens with zero attached hydrogens (tertiary/aromatic N) is 2. The predicted octanol–water partition coefficient (Wildman–Crippen LogP) is 3.72. The Morgan fingerprint density at radius 1 is 1.48 bits per heavy atom. The number of hydrogen-bond acceptors (Lipinski definition) is 5. The summed E-state index contributed by atoms with van der Waals surface area (Å²) in [7, 11) is 0. The van der Waals surface area contributed by atoms with Crippen molar-refractivity contribution in [3.8, 4) is 0 Å². The first-order chi connectivity index (χ1) is 11.4. The second kappa shape index (κ2) is 9.99. The lowest BCUT2D eigenvalue weighted by atomic mass is 10.1. The summed E-state index contributed by atoms with van der Waals surface area (Å²) in [6.45, 7) is 5.34. The van der Waals surface area contributed by atoms with Crippen molar-refractivity contribution in [1.29, 1.82) is 0 Å². The lowest BCUT2D eigenvalue weighted by molar-refractivity contribution is -0.387. The number of rotatable bonds is 7. The van der Waals surface area contributed by atoms with E-state index in [9.17, 15) is 14.9 Å². The van der Waals surface area contributed by atoms with Gasteiger partial charge in [-0.25, -0.2) is 0 Å². The molecule has 2 N–H and O–H groups in total. The molecule has 6 nitrogen and oxygen atoms in total. The molecular weight excluding hydrogens is 362 g/mol. The van der Waals surface area contributed by atoms with E-state index in [-0.39, 0.29) is 30.0 Å². The summed E-state index contributed by atoms with van der Waals surface area (Å²) in [5.41, 5.74) is 6.10. The van der Waals surface area contributed by atoms with Crippen LogP contribution in [0.2, 0.25) is 0 Å². The van der Waals surface area contributed by atoms with E-state index >= 15 is 0 Å². The van der Waals surface area contributed by atoms with Gasteiger partial charge in [-0.05, 0) is 43.1 Å². The third kappa shape index (κ3) is 5.59. The van der Waals surface area contributed by atoms with Gasteiger partial charge in [0, 0.05) is 30.8 Å². The van der Waals surface area contributed by atoms with Crippen LogP contribution in [0.15, 0.2) is 23.1 Å². The molecule has 0 spiro atoms. The fraction of sp³-hybridized carbons (Fsp3) is 0.588. The zero-order valence-corrected chi connectivity index (χ0v) is 16.3. The molecular formula is C17H26ClN3O3S. The number of amides is 1. The van der Waals surface area contributed by atoms with Crippen LogP contribution in [0.5, 0.6) is 0 Å². The van der Waals surface area contributed by atoms with Gasteiger partial charge in [-0.3, -0.25) is 14.9 Å². The fourth-order valence-electron chi connectivity index (χ4n) is 2.83. The first-order valence-corrected chi connectivity index (χ1v) is 9.35. The van der Waals surface area contributed by atoms with Crippen LogP contribution in [0.4, 0.5) is 5.69 Å². The molecule has 1 unspecified atom stereocenters. The van der Waals surface area contributed by atoms with Gasteiger partial charge < -0.3 is 10.6 Å². The van der Waals surface area contributed by atoms with E-state index in [1.54, 1.807) is 17.0 Å². The molecule has 25 heavy (non-hydrogen) atoms. The van der Waals surface area contributed by atoms with Crippen LogP contribution in [0.3, 0.4) is 0 Å². The zero-order chi connectivity index (χ0) is 17.7. The molecule has 1 saturated heterocycles. The molecule has 8 heteroatoms. The van der Waals surface area contributed by atoms with Crippen molar-refractivity contribution in [2.75, 3.05) is 18.8 Å². The predicted molar refractivity (Wildman–Crippen MR) is 104 cm³/mol. The van der Waals surface area contributed by atoms with Crippen LogP contribution in [0.25, 0.3) is 0 Å². The largest absolute Gasteiger partial charge is 0.334 e. The van der Waals surface area contributed by atoms with E-state index in [0.29, 0.717) is 29.5 Å². The Balaban J connectivity index is 0.00000312. The third-order valence-corrected chi connectivity index (χ3v) is 5.36. The van der Waals surface area contributed by atoms with Crippen molar-refractivity contribution in [3.05, 3.63) is 33.9 Å². The van der Waals surface area contributed by atoms with Crippen LogP contribution in [-0.4, -0.2) is 40.6 Å². The van der Waals surface area contributed by atoms with E-state index in [1.807, 2.05) is 0 Å². The molecule has 1 aliphatic heterocycles. The maximum atomic E-state index is 12.6. The van der Waals surface area contributed by atoms with E-state index in [2.05, 4.69) is 13.8 Å². The number of nitrogens with two attached hydrogens (primary N) is 1. The maximum absolute atomic E-state index is 12.6. The van der Waals surface area contributed by atoms with Gasteiger partial charge in [0.1, 0.15) is 0 Å². The standard InChI is InChI=1S/C17H25N3O3S.ClH/c1-12(2)7-9-24-16-6-5-13(10-15(16)20(22)23)17(21)19-8-3-4-14(19)11-18;/h5-6,10,12,14H,3-4,7-9,11,18H2,1-2H3;1H. The van der Waals surface area contributed by atoms with Gasteiger partial charge in [-0.1, -0.05) is 13.8 Å². The molecule has 140 valence electrons. The van der Waals surface area contributed by atoms with Crippen LogP contribution in [-0.2, 0) is 0 Å². The molecule has 0 bridgehead atoms.